The van der Waals surface area contributed by atoms with Gasteiger partial charge in [-0.15, -0.1) is 0 Å². The van der Waals surface area contributed by atoms with E-state index in [4.69, 9.17) is 0 Å². The Morgan fingerprint density at radius 1 is 0.600 bits per heavy atom. The Hall–Kier alpha value is 0.870. The quantitative estimate of drug-likeness (QED) is 0.151. The second-order valence-electron chi connectivity index (χ2n) is 8.87. The van der Waals surface area contributed by atoms with Crippen molar-refractivity contribution in [3.05, 3.63) is 0 Å². The summed E-state index contributed by atoms with van der Waals surface area (Å²) in [5.74, 6) is 0. The molecule has 0 heterocycles. The van der Waals surface area contributed by atoms with Gasteiger partial charge < -0.3 is 9.66 Å². The molecule has 1 N–H and O–H groups in total. The topological polar surface area (TPSA) is 77.4 Å². The van der Waals surface area contributed by atoms with Crippen LogP contribution in [0.3, 0.4) is 0 Å². The summed E-state index contributed by atoms with van der Waals surface area (Å²) in [5, 5.41) is 9.29. The van der Waals surface area contributed by atoms with E-state index in [2.05, 4.69) is 13.8 Å². The first-order chi connectivity index (χ1) is 13.9. The van der Waals surface area contributed by atoms with Crippen molar-refractivity contribution in [1.82, 2.24) is 0 Å². The SMILES string of the molecule is CCCCCCC(O)CCCCCCCCCCC(CCCCCC)S(=O)(=O)[O-].[Na+]. The van der Waals surface area contributed by atoms with E-state index >= 15 is 0 Å². The summed E-state index contributed by atoms with van der Waals surface area (Å²) in [7, 11) is -4.15. The van der Waals surface area contributed by atoms with Gasteiger partial charge in [-0.25, -0.2) is 8.42 Å². The third kappa shape index (κ3) is 22.1. The van der Waals surface area contributed by atoms with E-state index in [0.29, 0.717) is 12.8 Å². The third-order valence-corrected chi connectivity index (χ3v) is 7.28. The van der Waals surface area contributed by atoms with Crippen LogP contribution >= 0.6 is 0 Å². The molecule has 0 aliphatic heterocycles. The summed E-state index contributed by atoms with van der Waals surface area (Å²) >= 11 is 0. The van der Waals surface area contributed by atoms with E-state index in [1.807, 2.05) is 0 Å². The monoisotopic (exact) mass is 456 g/mol. The van der Waals surface area contributed by atoms with Gasteiger partial charge in [0, 0.05) is 5.25 Å². The minimum atomic E-state index is -4.15. The summed E-state index contributed by atoms with van der Waals surface area (Å²) in [6, 6.07) is 0. The first kappa shape index (κ1) is 33.0. The summed E-state index contributed by atoms with van der Waals surface area (Å²) in [4.78, 5) is 0. The molecule has 0 aliphatic rings. The zero-order valence-electron chi connectivity index (χ0n) is 20.4. The molecule has 0 fully saturated rings. The maximum atomic E-state index is 11.4. The summed E-state index contributed by atoms with van der Waals surface area (Å²) < 4.78 is 34.3. The molecule has 0 aromatic heterocycles. The molecule has 2 atom stereocenters. The number of hydrogen-bond acceptors (Lipinski definition) is 4. The molecule has 2 unspecified atom stereocenters. The van der Waals surface area contributed by atoms with Crippen LogP contribution in [0, 0.1) is 0 Å². The average Bonchev–Trinajstić information content (AvgIpc) is 2.67. The van der Waals surface area contributed by atoms with Crippen LogP contribution < -0.4 is 29.6 Å². The van der Waals surface area contributed by atoms with Gasteiger partial charge in [-0.2, -0.15) is 0 Å². The molecule has 0 rings (SSSR count). The fourth-order valence-corrected chi connectivity index (χ4v) is 4.91. The van der Waals surface area contributed by atoms with Gasteiger partial charge in [-0.1, -0.05) is 117 Å². The number of aliphatic hydroxyl groups is 1. The van der Waals surface area contributed by atoms with Crippen molar-refractivity contribution in [3.8, 4) is 0 Å². The van der Waals surface area contributed by atoms with Crippen LogP contribution in [0.1, 0.15) is 142 Å². The third-order valence-electron chi connectivity index (χ3n) is 5.99. The maximum absolute atomic E-state index is 11.4. The standard InChI is InChI=1S/C24H50O4S.Na/c1-3-5-7-15-19-23(25)20-16-13-11-9-10-12-14-18-22-24(29(26,27)28)21-17-8-6-4-2;/h23-25H,3-22H2,1-2H3,(H,26,27,28);/q;+1/p-1. The van der Waals surface area contributed by atoms with E-state index in [0.717, 1.165) is 70.6 Å². The van der Waals surface area contributed by atoms with E-state index in [-0.39, 0.29) is 35.7 Å². The van der Waals surface area contributed by atoms with Gasteiger partial charge >= 0.3 is 29.6 Å². The molecule has 0 aromatic rings. The number of rotatable bonds is 22. The Morgan fingerprint density at radius 3 is 1.23 bits per heavy atom. The van der Waals surface area contributed by atoms with Crippen molar-refractivity contribution < 1.29 is 47.6 Å². The van der Waals surface area contributed by atoms with Crippen LogP contribution in [0.15, 0.2) is 0 Å². The first-order valence-electron chi connectivity index (χ1n) is 12.5. The number of hydrogen-bond donors (Lipinski definition) is 1. The van der Waals surface area contributed by atoms with Gasteiger partial charge in [0.15, 0.2) is 0 Å². The van der Waals surface area contributed by atoms with E-state index in [1.54, 1.807) is 0 Å². The number of aliphatic hydroxyl groups excluding tert-OH is 1. The second-order valence-corrected chi connectivity index (χ2v) is 10.5. The minimum absolute atomic E-state index is 0. The van der Waals surface area contributed by atoms with Crippen LogP contribution in [0.4, 0.5) is 0 Å². The van der Waals surface area contributed by atoms with Gasteiger partial charge in [0.2, 0.25) is 0 Å². The molecule has 0 amide bonds. The second kappa shape index (κ2) is 23.0. The molecule has 0 aromatic carbocycles. The van der Waals surface area contributed by atoms with Crippen molar-refractivity contribution in [3.63, 3.8) is 0 Å². The summed E-state index contributed by atoms with van der Waals surface area (Å²) in [6.45, 7) is 4.33. The van der Waals surface area contributed by atoms with Crippen LogP contribution in [0.2, 0.25) is 0 Å². The van der Waals surface area contributed by atoms with Crippen LogP contribution in [0.5, 0.6) is 0 Å². The normalized spacial score (nSPS) is 13.7. The molecule has 0 spiro atoms. The molecule has 0 saturated carbocycles. The van der Waals surface area contributed by atoms with E-state index < -0.39 is 15.4 Å². The van der Waals surface area contributed by atoms with Crippen molar-refractivity contribution in [2.24, 2.45) is 0 Å². The predicted molar refractivity (Wildman–Crippen MR) is 123 cm³/mol. The fraction of sp³-hybridized carbons (Fsp3) is 1.00. The Morgan fingerprint density at radius 2 is 0.900 bits per heavy atom. The van der Waals surface area contributed by atoms with Crippen molar-refractivity contribution in [2.75, 3.05) is 0 Å². The zero-order chi connectivity index (χ0) is 21.8. The number of unbranched alkanes of at least 4 members (excludes halogenated alkanes) is 13. The Kier molecular flexibility index (Phi) is 25.4. The summed E-state index contributed by atoms with van der Waals surface area (Å²) in [6.07, 6.45) is 20.8. The fourth-order valence-electron chi connectivity index (χ4n) is 4.00. The zero-order valence-corrected chi connectivity index (χ0v) is 23.2. The van der Waals surface area contributed by atoms with Crippen molar-refractivity contribution in [1.29, 1.82) is 0 Å². The van der Waals surface area contributed by atoms with Crippen LogP contribution in [-0.4, -0.2) is 29.4 Å². The average molecular weight is 457 g/mol. The molecule has 0 bridgehead atoms. The Labute approximate surface area is 210 Å². The van der Waals surface area contributed by atoms with Crippen LogP contribution in [0.25, 0.3) is 0 Å². The summed E-state index contributed by atoms with van der Waals surface area (Å²) in [5.41, 5.74) is 0. The van der Waals surface area contributed by atoms with Gasteiger partial charge in [-0.05, 0) is 25.7 Å². The van der Waals surface area contributed by atoms with Gasteiger partial charge in [-0.3, -0.25) is 0 Å². The molecule has 30 heavy (non-hydrogen) atoms. The predicted octanol–water partition coefficient (Wildman–Crippen LogP) is 4.11. The Bertz CT molecular complexity index is 442. The van der Waals surface area contributed by atoms with E-state index in [1.165, 1.54) is 44.9 Å². The van der Waals surface area contributed by atoms with Crippen LogP contribution in [-0.2, 0) is 10.1 Å². The van der Waals surface area contributed by atoms with Gasteiger partial charge in [0.25, 0.3) is 0 Å². The molecule has 0 saturated heterocycles. The molecule has 176 valence electrons. The van der Waals surface area contributed by atoms with Crippen molar-refractivity contribution >= 4 is 10.1 Å². The van der Waals surface area contributed by atoms with E-state index in [9.17, 15) is 18.1 Å². The molecular weight excluding hydrogens is 407 g/mol. The smallest absolute Gasteiger partial charge is 0.748 e. The molecule has 6 heteroatoms. The molecule has 0 radical (unpaired) electrons. The molecule has 0 aliphatic carbocycles. The molecular formula is C24H49NaO4S. The van der Waals surface area contributed by atoms with Crippen molar-refractivity contribution in [2.45, 2.75) is 154 Å². The maximum Gasteiger partial charge on any atom is 1.00 e. The largest absolute Gasteiger partial charge is 1.00 e. The van der Waals surface area contributed by atoms with Gasteiger partial charge in [0.1, 0.15) is 0 Å². The molecule has 4 nitrogen and oxygen atoms in total. The first-order valence-corrected chi connectivity index (χ1v) is 14.0. The van der Waals surface area contributed by atoms with Gasteiger partial charge in [0.05, 0.1) is 16.2 Å². The minimum Gasteiger partial charge on any atom is -0.748 e. The Balaban J connectivity index is 0.